The van der Waals surface area contributed by atoms with Gasteiger partial charge < -0.3 is 0 Å². The Morgan fingerprint density at radius 1 is 1.38 bits per heavy atom. The number of hydrogen-bond donors (Lipinski definition) is 0. The minimum Gasteiger partial charge on any atom is -0.193 e. The Balaban J connectivity index is 2.89. The van der Waals surface area contributed by atoms with Crippen LogP contribution in [0.25, 0.3) is 11.6 Å². The molecule has 0 fully saturated rings. The summed E-state index contributed by atoms with van der Waals surface area (Å²) in [6, 6.07) is 9.89. The Kier molecular flexibility index (Phi) is 3.05. The lowest BCUT2D eigenvalue weighted by molar-refractivity contribution is 1.53. The fourth-order valence-corrected chi connectivity index (χ4v) is 1.01. The largest absolute Gasteiger partial charge is 0.193 e. The molecule has 1 nitrogen and oxygen atoms in total. The van der Waals surface area contributed by atoms with Gasteiger partial charge in [0.05, 0.1) is 6.07 Å². The van der Waals surface area contributed by atoms with E-state index in [0.29, 0.717) is 0 Å². The summed E-state index contributed by atoms with van der Waals surface area (Å²) in [5.74, 6) is 0. The second-order valence-electron chi connectivity index (χ2n) is 2.86. The van der Waals surface area contributed by atoms with E-state index < -0.39 is 0 Å². The van der Waals surface area contributed by atoms with Gasteiger partial charge in [-0.25, -0.2) is 0 Å². The quantitative estimate of drug-likeness (QED) is 0.623. The minimum atomic E-state index is 1.03. The van der Waals surface area contributed by atoms with Gasteiger partial charge in [0, 0.05) is 6.08 Å². The van der Waals surface area contributed by atoms with Crippen LogP contribution < -0.4 is 0 Å². The summed E-state index contributed by atoms with van der Waals surface area (Å²) in [6.45, 7) is 5.82. The molecule has 0 atom stereocenters. The fraction of sp³-hybridized carbons (Fsp3) is 0.0833. The summed E-state index contributed by atoms with van der Waals surface area (Å²) in [6.07, 6.45) is 3.25. The third-order valence-corrected chi connectivity index (χ3v) is 1.75. The first kappa shape index (κ1) is 9.28. The molecule has 0 aliphatic heterocycles. The van der Waals surface area contributed by atoms with E-state index in [4.69, 9.17) is 5.26 Å². The zero-order chi connectivity index (χ0) is 9.68. The van der Waals surface area contributed by atoms with E-state index in [-0.39, 0.29) is 0 Å². The van der Waals surface area contributed by atoms with Crippen molar-refractivity contribution in [3.05, 3.63) is 48.0 Å². The lowest BCUT2D eigenvalue weighted by Crippen LogP contribution is -1.77. The van der Waals surface area contributed by atoms with Gasteiger partial charge in [-0.2, -0.15) is 5.26 Å². The molecule has 0 aromatic heterocycles. The Morgan fingerprint density at radius 3 is 2.46 bits per heavy atom. The average Bonchev–Trinajstić information content (AvgIpc) is 2.15. The molecule has 1 rings (SSSR count). The second kappa shape index (κ2) is 4.27. The maximum absolute atomic E-state index is 8.32. The highest BCUT2D eigenvalue weighted by Crippen LogP contribution is 2.12. The standard InChI is InChI=1S/C12H11N/c1-10(2)12-7-5-11(6-8-12)4-3-9-13/h3-8H,1H2,2H3. The molecule has 0 aliphatic rings. The molecule has 0 spiro atoms. The van der Waals surface area contributed by atoms with Gasteiger partial charge in [-0.3, -0.25) is 0 Å². The molecule has 0 aliphatic carbocycles. The molecule has 1 aromatic carbocycles. The first-order chi connectivity index (χ1) is 6.24. The first-order valence-corrected chi connectivity index (χ1v) is 4.06. The highest BCUT2D eigenvalue weighted by atomic mass is 14.2. The molecule has 0 saturated heterocycles. The monoisotopic (exact) mass is 169 g/mol. The molecule has 1 heteroatoms. The zero-order valence-corrected chi connectivity index (χ0v) is 7.62. The van der Waals surface area contributed by atoms with Crippen LogP contribution in [0, 0.1) is 11.3 Å². The normalized spacial score (nSPS) is 9.85. The molecule has 0 unspecified atom stereocenters. The zero-order valence-electron chi connectivity index (χ0n) is 7.62. The molecule has 1 aromatic rings. The van der Waals surface area contributed by atoms with Gasteiger partial charge in [0.25, 0.3) is 0 Å². The Morgan fingerprint density at radius 2 is 2.00 bits per heavy atom. The van der Waals surface area contributed by atoms with Crippen molar-refractivity contribution in [2.45, 2.75) is 6.92 Å². The molecule has 64 valence electrons. The number of nitriles is 1. The van der Waals surface area contributed by atoms with Crippen molar-refractivity contribution < 1.29 is 0 Å². The third-order valence-electron chi connectivity index (χ3n) is 1.75. The highest BCUT2D eigenvalue weighted by Gasteiger charge is 1.91. The van der Waals surface area contributed by atoms with Crippen LogP contribution >= 0.6 is 0 Å². The highest BCUT2D eigenvalue weighted by molar-refractivity contribution is 5.63. The van der Waals surface area contributed by atoms with Crippen molar-refractivity contribution in [2.24, 2.45) is 0 Å². The van der Waals surface area contributed by atoms with E-state index in [0.717, 1.165) is 16.7 Å². The third kappa shape index (κ3) is 2.61. The van der Waals surface area contributed by atoms with Gasteiger partial charge in [0.15, 0.2) is 0 Å². The average molecular weight is 169 g/mol. The van der Waals surface area contributed by atoms with Gasteiger partial charge in [-0.1, -0.05) is 36.4 Å². The topological polar surface area (TPSA) is 23.8 Å². The Labute approximate surface area is 78.6 Å². The molecule has 0 radical (unpaired) electrons. The van der Waals surface area contributed by atoms with Crippen LogP contribution in [0.5, 0.6) is 0 Å². The molecule has 0 bridgehead atoms. The van der Waals surface area contributed by atoms with Crippen molar-refractivity contribution in [3.63, 3.8) is 0 Å². The number of hydrogen-bond acceptors (Lipinski definition) is 1. The second-order valence-corrected chi connectivity index (χ2v) is 2.86. The van der Waals surface area contributed by atoms with Gasteiger partial charge in [0.1, 0.15) is 0 Å². The summed E-state index contributed by atoms with van der Waals surface area (Å²) < 4.78 is 0. The van der Waals surface area contributed by atoms with Crippen molar-refractivity contribution in [2.75, 3.05) is 0 Å². The predicted octanol–water partition coefficient (Wildman–Crippen LogP) is 3.26. The number of benzene rings is 1. The molecular weight excluding hydrogens is 158 g/mol. The van der Waals surface area contributed by atoms with Gasteiger partial charge >= 0.3 is 0 Å². The number of nitrogens with zero attached hydrogens (tertiary/aromatic N) is 1. The first-order valence-electron chi connectivity index (χ1n) is 4.06. The summed E-state index contributed by atoms with van der Waals surface area (Å²) in [5.41, 5.74) is 3.22. The SMILES string of the molecule is C=C(C)c1ccc(C=CC#N)cc1. The number of rotatable bonds is 2. The lowest BCUT2D eigenvalue weighted by Gasteiger charge is -1.98. The summed E-state index contributed by atoms with van der Waals surface area (Å²) in [7, 11) is 0. The van der Waals surface area contributed by atoms with Crippen molar-refractivity contribution in [1.82, 2.24) is 0 Å². The minimum absolute atomic E-state index is 1.03. The maximum atomic E-state index is 8.32. The predicted molar refractivity (Wildman–Crippen MR) is 55.8 cm³/mol. The Hall–Kier alpha value is -1.81. The molecule has 0 saturated carbocycles. The van der Waals surface area contributed by atoms with Crippen LogP contribution in [0.3, 0.4) is 0 Å². The maximum Gasteiger partial charge on any atom is 0.0912 e. The summed E-state index contributed by atoms with van der Waals surface area (Å²) in [4.78, 5) is 0. The van der Waals surface area contributed by atoms with Gasteiger partial charge in [-0.15, -0.1) is 0 Å². The van der Waals surface area contributed by atoms with E-state index in [1.54, 1.807) is 6.08 Å². The number of allylic oxidation sites excluding steroid dienone is 2. The fourth-order valence-electron chi connectivity index (χ4n) is 1.01. The van der Waals surface area contributed by atoms with E-state index >= 15 is 0 Å². The molecular formula is C12H11N. The van der Waals surface area contributed by atoms with Crippen molar-refractivity contribution in [1.29, 1.82) is 5.26 Å². The van der Waals surface area contributed by atoms with E-state index in [1.165, 1.54) is 6.08 Å². The van der Waals surface area contributed by atoms with Crippen LogP contribution in [-0.2, 0) is 0 Å². The molecule has 0 amide bonds. The smallest absolute Gasteiger partial charge is 0.0912 e. The summed E-state index contributed by atoms with van der Waals surface area (Å²) in [5, 5.41) is 8.32. The molecule has 0 N–H and O–H groups in total. The van der Waals surface area contributed by atoms with Crippen LogP contribution in [0.15, 0.2) is 36.9 Å². The van der Waals surface area contributed by atoms with E-state index in [1.807, 2.05) is 37.3 Å². The van der Waals surface area contributed by atoms with Crippen molar-refractivity contribution in [3.8, 4) is 6.07 Å². The lowest BCUT2D eigenvalue weighted by atomic mass is 10.1. The van der Waals surface area contributed by atoms with Crippen molar-refractivity contribution >= 4 is 11.6 Å². The van der Waals surface area contributed by atoms with Crippen LogP contribution in [0.4, 0.5) is 0 Å². The van der Waals surface area contributed by atoms with Crippen LogP contribution in [0.1, 0.15) is 18.1 Å². The van der Waals surface area contributed by atoms with Crippen LogP contribution in [-0.4, -0.2) is 0 Å². The van der Waals surface area contributed by atoms with E-state index in [9.17, 15) is 0 Å². The summed E-state index contributed by atoms with van der Waals surface area (Å²) >= 11 is 0. The van der Waals surface area contributed by atoms with Gasteiger partial charge in [0.2, 0.25) is 0 Å². The Bertz CT molecular complexity index is 363. The molecule has 13 heavy (non-hydrogen) atoms. The molecule has 0 heterocycles. The van der Waals surface area contributed by atoms with Gasteiger partial charge in [-0.05, 0) is 24.1 Å². The van der Waals surface area contributed by atoms with E-state index in [2.05, 4.69) is 6.58 Å². The van der Waals surface area contributed by atoms with Crippen LogP contribution in [0.2, 0.25) is 0 Å².